The number of aromatic nitrogens is 4. The van der Waals surface area contributed by atoms with Crippen LogP contribution < -0.4 is 10.2 Å². The molecule has 0 spiro atoms. The van der Waals surface area contributed by atoms with Crippen LogP contribution in [0.1, 0.15) is 43.6 Å². The van der Waals surface area contributed by atoms with Gasteiger partial charge in [0.05, 0.1) is 0 Å². The molecule has 7 nitrogen and oxygen atoms in total. The van der Waals surface area contributed by atoms with Gasteiger partial charge in [0.2, 0.25) is 0 Å². The van der Waals surface area contributed by atoms with Gasteiger partial charge in [-0.05, 0) is 29.7 Å². The molecular weight excluding hydrogens is 364 g/mol. The van der Waals surface area contributed by atoms with E-state index in [9.17, 15) is 4.79 Å². The molecule has 3 heterocycles. The van der Waals surface area contributed by atoms with Gasteiger partial charge < -0.3 is 9.88 Å². The molecule has 2 amide bonds. The van der Waals surface area contributed by atoms with Crippen LogP contribution in [0, 0.1) is 0 Å². The fourth-order valence-electron chi connectivity index (χ4n) is 3.86. The molecule has 7 heteroatoms. The molecule has 0 saturated heterocycles. The summed E-state index contributed by atoms with van der Waals surface area (Å²) in [6.45, 7) is 7.03. The van der Waals surface area contributed by atoms with Crippen LogP contribution in [0.3, 0.4) is 0 Å². The Hall–Kier alpha value is -3.22. The van der Waals surface area contributed by atoms with E-state index >= 15 is 0 Å². The maximum Gasteiger partial charge on any atom is 0.327 e. The summed E-state index contributed by atoms with van der Waals surface area (Å²) >= 11 is 0. The molecule has 0 aliphatic carbocycles. The maximum atomic E-state index is 13.0. The predicted octanol–water partition coefficient (Wildman–Crippen LogP) is 3.89. The number of amides is 2. The summed E-state index contributed by atoms with van der Waals surface area (Å²) in [6, 6.07) is 11.8. The van der Waals surface area contributed by atoms with E-state index in [-0.39, 0.29) is 17.4 Å². The van der Waals surface area contributed by atoms with E-state index in [0.29, 0.717) is 6.54 Å². The standard InChI is InChI=1S/C22H26N6O/c1-15(11-19-26-24-14-27(19)4)16-7-5-8-17(12-16)25-21(29)28-13-22(2,3)18-9-6-10-23-20(18)28/h5-10,12,14-15H,11,13H2,1-4H3,(H,25,29). The Bertz CT molecular complexity index is 1040. The number of carbonyl (C=O) groups excluding carboxylic acids is 1. The number of anilines is 2. The van der Waals surface area contributed by atoms with E-state index < -0.39 is 0 Å². The molecule has 3 aromatic rings. The van der Waals surface area contributed by atoms with Crippen LogP contribution >= 0.6 is 0 Å². The van der Waals surface area contributed by atoms with Crippen LogP contribution in [0.2, 0.25) is 0 Å². The lowest BCUT2D eigenvalue weighted by Gasteiger charge is -2.21. The highest BCUT2D eigenvalue weighted by molar-refractivity contribution is 6.02. The van der Waals surface area contributed by atoms with Crippen LogP contribution in [0.25, 0.3) is 0 Å². The summed E-state index contributed by atoms with van der Waals surface area (Å²) in [5, 5.41) is 11.2. The van der Waals surface area contributed by atoms with E-state index in [2.05, 4.69) is 47.3 Å². The van der Waals surface area contributed by atoms with E-state index in [4.69, 9.17) is 0 Å². The Labute approximate surface area is 170 Å². The molecule has 1 N–H and O–H groups in total. The fourth-order valence-corrected chi connectivity index (χ4v) is 3.86. The zero-order chi connectivity index (χ0) is 20.6. The number of nitrogens with one attached hydrogen (secondary N) is 1. The molecule has 1 aliphatic heterocycles. The van der Waals surface area contributed by atoms with Gasteiger partial charge in [-0.1, -0.05) is 39.0 Å². The zero-order valence-electron chi connectivity index (χ0n) is 17.3. The number of carbonyl (C=O) groups is 1. The molecular formula is C22H26N6O. The minimum Gasteiger partial charge on any atom is -0.321 e. The number of hydrogen-bond acceptors (Lipinski definition) is 4. The zero-order valence-corrected chi connectivity index (χ0v) is 17.3. The van der Waals surface area contributed by atoms with Crippen molar-refractivity contribution in [3.8, 4) is 0 Å². The van der Waals surface area contributed by atoms with Gasteiger partial charge in [0.1, 0.15) is 18.0 Å². The lowest BCUT2D eigenvalue weighted by atomic mass is 9.88. The SMILES string of the molecule is CC(Cc1nncn1C)c1cccc(NC(=O)N2CC(C)(C)c3cccnc32)c1. The quantitative estimate of drug-likeness (QED) is 0.733. The third kappa shape index (κ3) is 3.72. The van der Waals surface area contributed by atoms with Gasteiger partial charge >= 0.3 is 6.03 Å². The first-order chi connectivity index (χ1) is 13.8. The summed E-state index contributed by atoms with van der Waals surface area (Å²) in [5.41, 5.74) is 2.90. The normalized spacial score (nSPS) is 15.8. The van der Waals surface area contributed by atoms with Crippen molar-refractivity contribution < 1.29 is 4.79 Å². The van der Waals surface area contributed by atoms with Gasteiger partial charge in [-0.3, -0.25) is 4.90 Å². The average Bonchev–Trinajstić information content (AvgIpc) is 3.22. The molecule has 1 unspecified atom stereocenters. The molecule has 1 aromatic carbocycles. The molecule has 4 rings (SSSR count). The Morgan fingerprint density at radius 1 is 1.28 bits per heavy atom. The fraction of sp³-hybridized carbons (Fsp3) is 0.364. The van der Waals surface area contributed by atoms with E-state index in [1.807, 2.05) is 41.9 Å². The topological polar surface area (TPSA) is 75.9 Å². The highest BCUT2D eigenvalue weighted by Gasteiger charge is 2.38. The average molecular weight is 390 g/mol. The van der Waals surface area contributed by atoms with Crippen molar-refractivity contribution in [3.63, 3.8) is 0 Å². The lowest BCUT2D eigenvalue weighted by Crippen LogP contribution is -2.37. The summed E-state index contributed by atoms with van der Waals surface area (Å²) in [4.78, 5) is 19.2. The number of fused-ring (bicyclic) bond motifs is 1. The summed E-state index contributed by atoms with van der Waals surface area (Å²) < 4.78 is 1.93. The van der Waals surface area contributed by atoms with Crippen molar-refractivity contribution in [1.29, 1.82) is 0 Å². The summed E-state index contributed by atoms with van der Waals surface area (Å²) in [7, 11) is 1.95. The van der Waals surface area contributed by atoms with Crippen molar-refractivity contribution in [1.82, 2.24) is 19.7 Å². The minimum atomic E-state index is -0.159. The first-order valence-corrected chi connectivity index (χ1v) is 9.82. The monoisotopic (exact) mass is 390 g/mol. The molecule has 2 aromatic heterocycles. The Morgan fingerprint density at radius 3 is 2.86 bits per heavy atom. The molecule has 0 radical (unpaired) electrons. The van der Waals surface area contributed by atoms with Crippen molar-refractivity contribution in [2.75, 3.05) is 16.8 Å². The largest absolute Gasteiger partial charge is 0.327 e. The second-order valence-electron chi connectivity index (χ2n) is 8.36. The Kier molecular flexibility index (Phi) is 4.82. The molecule has 1 atom stereocenters. The minimum absolute atomic E-state index is 0.118. The van der Waals surface area contributed by atoms with Gasteiger partial charge in [-0.15, -0.1) is 10.2 Å². The van der Waals surface area contributed by atoms with Crippen LogP contribution in [-0.4, -0.2) is 32.3 Å². The molecule has 1 aliphatic rings. The van der Waals surface area contributed by atoms with Crippen molar-refractivity contribution >= 4 is 17.5 Å². The Morgan fingerprint density at radius 2 is 2.10 bits per heavy atom. The van der Waals surface area contributed by atoms with Crippen LogP contribution in [0.15, 0.2) is 48.9 Å². The van der Waals surface area contributed by atoms with E-state index in [0.717, 1.165) is 34.9 Å². The molecule has 0 bridgehead atoms. The van der Waals surface area contributed by atoms with Crippen LogP contribution in [0.5, 0.6) is 0 Å². The number of urea groups is 1. The second kappa shape index (κ2) is 7.31. The number of pyridine rings is 1. The number of benzene rings is 1. The van der Waals surface area contributed by atoms with Gasteiger partial charge in [-0.25, -0.2) is 9.78 Å². The third-order valence-corrected chi connectivity index (χ3v) is 5.57. The van der Waals surface area contributed by atoms with Crippen molar-refractivity contribution in [3.05, 3.63) is 65.9 Å². The second-order valence-corrected chi connectivity index (χ2v) is 8.36. The molecule has 150 valence electrons. The summed E-state index contributed by atoms with van der Waals surface area (Å²) in [6.07, 6.45) is 4.23. The van der Waals surface area contributed by atoms with Gasteiger partial charge in [0, 0.05) is 42.9 Å². The van der Waals surface area contributed by atoms with Gasteiger partial charge in [0.25, 0.3) is 0 Å². The smallest absolute Gasteiger partial charge is 0.321 e. The van der Waals surface area contributed by atoms with E-state index in [1.165, 1.54) is 0 Å². The first kappa shape index (κ1) is 19.1. The van der Waals surface area contributed by atoms with Gasteiger partial charge in [-0.2, -0.15) is 0 Å². The van der Waals surface area contributed by atoms with E-state index in [1.54, 1.807) is 17.4 Å². The highest BCUT2D eigenvalue weighted by Crippen LogP contribution is 2.38. The number of aryl methyl sites for hydroxylation is 1. The van der Waals surface area contributed by atoms with Crippen LogP contribution in [0.4, 0.5) is 16.3 Å². The first-order valence-electron chi connectivity index (χ1n) is 9.82. The third-order valence-electron chi connectivity index (χ3n) is 5.57. The molecule has 0 fully saturated rings. The number of hydrogen-bond donors (Lipinski definition) is 1. The lowest BCUT2D eigenvalue weighted by molar-refractivity contribution is 0.256. The van der Waals surface area contributed by atoms with Crippen molar-refractivity contribution in [2.24, 2.45) is 7.05 Å². The molecule has 29 heavy (non-hydrogen) atoms. The Balaban J connectivity index is 1.50. The van der Waals surface area contributed by atoms with Gasteiger partial charge in [0.15, 0.2) is 0 Å². The van der Waals surface area contributed by atoms with Crippen LogP contribution in [-0.2, 0) is 18.9 Å². The van der Waals surface area contributed by atoms with Crippen molar-refractivity contribution in [2.45, 2.75) is 38.5 Å². The predicted molar refractivity (Wildman–Crippen MR) is 113 cm³/mol. The number of nitrogens with zero attached hydrogens (tertiary/aromatic N) is 5. The highest BCUT2D eigenvalue weighted by atomic mass is 16.2. The maximum absolute atomic E-state index is 13.0. The number of rotatable bonds is 4. The summed E-state index contributed by atoms with van der Waals surface area (Å²) in [5.74, 6) is 1.93. The molecule has 0 saturated carbocycles.